The molecule has 4 aromatic rings. The van der Waals surface area contributed by atoms with Gasteiger partial charge in [-0.25, -0.2) is 9.48 Å². The van der Waals surface area contributed by atoms with Gasteiger partial charge in [0, 0.05) is 22.7 Å². The van der Waals surface area contributed by atoms with Crippen LogP contribution in [0.15, 0.2) is 78.9 Å². The number of amides is 2. The van der Waals surface area contributed by atoms with E-state index in [2.05, 4.69) is 62.7 Å². The summed E-state index contributed by atoms with van der Waals surface area (Å²) in [6.45, 7) is 14.5. The van der Waals surface area contributed by atoms with Gasteiger partial charge in [-0.1, -0.05) is 88.7 Å². The highest BCUT2D eigenvalue weighted by atomic mass is 16.2. The smallest absolute Gasteiger partial charge is 0.317 e. The molecule has 0 bridgehead atoms. The minimum Gasteiger partial charge on any atom is -0.317 e. The fourth-order valence-electron chi connectivity index (χ4n) is 6.08. The van der Waals surface area contributed by atoms with Crippen LogP contribution in [0, 0.1) is 18.8 Å². The molecule has 1 aliphatic heterocycles. The van der Waals surface area contributed by atoms with Gasteiger partial charge in [-0.05, 0) is 86.5 Å². The first-order valence-electron chi connectivity index (χ1n) is 16.2. The van der Waals surface area contributed by atoms with Gasteiger partial charge in [-0.3, -0.25) is 10.1 Å². The van der Waals surface area contributed by atoms with E-state index in [9.17, 15) is 9.59 Å². The fraction of sp³-hybridized carbons (Fsp3) is 0.395. The SMILES string of the molecule is Cc1ccc(-n2nc(C(C)(C)C)cc2NC(=O)Nc2cccc(C(C(=O)c3ccc(CC(C)C)cc3)C3CCNCC3)c2)cc1. The number of hydrogen-bond donors (Lipinski definition) is 3. The van der Waals surface area contributed by atoms with Crippen molar-refractivity contribution in [2.75, 3.05) is 23.7 Å². The van der Waals surface area contributed by atoms with Crippen LogP contribution in [-0.2, 0) is 11.8 Å². The third kappa shape index (κ3) is 8.08. The number of nitrogens with one attached hydrogen (secondary N) is 3. The molecule has 3 aromatic carbocycles. The lowest BCUT2D eigenvalue weighted by atomic mass is 9.76. The Kier molecular flexibility index (Phi) is 9.88. The summed E-state index contributed by atoms with van der Waals surface area (Å²) in [6.07, 6.45) is 2.85. The largest absolute Gasteiger partial charge is 0.324 e. The highest BCUT2D eigenvalue weighted by molar-refractivity contribution is 6.02. The molecular weight excluding hydrogens is 558 g/mol. The van der Waals surface area contributed by atoms with Crippen LogP contribution < -0.4 is 16.0 Å². The molecule has 1 saturated heterocycles. The van der Waals surface area contributed by atoms with Crippen molar-refractivity contribution in [1.29, 1.82) is 0 Å². The number of aromatic nitrogens is 2. The Labute approximate surface area is 267 Å². The maximum Gasteiger partial charge on any atom is 0.324 e. The Hall–Kier alpha value is -4.23. The van der Waals surface area contributed by atoms with Crippen molar-refractivity contribution in [1.82, 2.24) is 15.1 Å². The van der Waals surface area contributed by atoms with Crippen LogP contribution in [0.25, 0.3) is 5.69 Å². The Morgan fingerprint density at radius 1 is 0.933 bits per heavy atom. The van der Waals surface area contributed by atoms with Crippen LogP contribution in [0.3, 0.4) is 0 Å². The number of nitrogens with zero attached hydrogens (tertiary/aromatic N) is 2. The number of carbonyl (C=O) groups excluding carboxylic acids is 2. The first-order chi connectivity index (χ1) is 21.5. The van der Waals surface area contributed by atoms with E-state index in [1.54, 1.807) is 4.68 Å². The van der Waals surface area contributed by atoms with Gasteiger partial charge in [0.1, 0.15) is 5.82 Å². The second-order valence-electron chi connectivity index (χ2n) is 13.8. The lowest BCUT2D eigenvalue weighted by molar-refractivity contribution is 0.0916. The molecule has 0 spiro atoms. The van der Waals surface area contributed by atoms with Crippen LogP contribution in [-0.4, -0.2) is 34.7 Å². The van der Waals surface area contributed by atoms with Crippen molar-refractivity contribution in [3.63, 3.8) is 0 Å². The molecule has 1 fully saturated rings. The Bertz CT molecular complexity index is 1610. The number of aryl methyl sites for hydroxylation is 1. The molecule has 7 nitrogen and oxygen atoms in total. The predicted molar refractivity (Wildman–Crippen MR) is 184 cm³/mol. The Morgan fingerprint density at radius 3 is 2.27 bits per heavy atom. The summed E-state index contributed by atoms with van der Waals surface area (Å²) in [4.78, 5) is 27.5. The number of anilines is 2. The van der Waals surface area contributed by atoms with Crippen molar-refractivity contribution < 1.29 is 9.59 Å². The van der Waals surface area contributed by atoms with E-state index in [-0.39, 0.29) is 29.1 Å². The highest BCUT2D eigenvalue weighted by Crippen LogP contribution is 2.35. The van der Waals surface area contributed by atoms with Crippen LogP contribution in [0.5, 0.6) is 0 Å². The molecule has 0 saturated carbocycles. The normalized spacial score (nSPS) is 14.7. The number of piperidine rings is 1. The zero-order chi connectivity index (χ0) is 32.1. The number of Topliss-reactive ketones (excluding diaryl/α,β-unsaturated/α-hetero) is 1. The van der Waals surface area contributed by atoms with Gasteiger partial charge in [0.05, 0.1) is 17.3 Å². The van der Waals surface area contributed by atoms with Gasteiger partial charge in [-0.2, -0.15) is 5.10 Å². The highest BCUT2D eigenvalue weighted by Gasteiger charge is 2.32. The van der Waals surface area contributed by atoms with Crippen molar-refractivity contribution >= 4 is 23.3 Å². The molecule has 1 atom stereocenters. The van der Waals surface area contributed by atoms with E-state index in [1.165, 1.54) is 5.56 Å². The zero-order valence-corrected chi connectivity index (χ0v) is 27.5. The van der Waals surface area contributed by atoms with Crippen LogP contribution >= 0.6 is 0 Å². The van der Waals surface area contributed by atoms with Crippen molar-refractivity contribution in [3.8, 4) is 5.69 Å². The molecule has 2 heterocycles. The van der Waals surface area contributed by atoms with E-state index in [0.29, 0.717) is 17.4 Å². The van der Waals surface area contributed by atoms with Crippen molar-refractivity contribution in [3.05, 3.63) is 107 Å². The molecule has 2 amide bonds. The molecule has 3 N–H and O–H groups in total. The molecular formula is C38H47N5O2. The van der Waals surface area contributed by atoms with Gasteiger partial charge in [0.15, 0.2) is 5.78 Å². The van der Waals surface area contributed by atoms with Crippen LogP contribution in [0.2, 0.25) is 0 Å². The van der Waals surface area contributed by atoms with E-state index in [0.717, 1.165) is 60.4 Å². The molecule has 0 aliphatic carbocycles. The number of carbonyl (C=O) groups is 2. The first kappa shape index (κ1) is 32.2. The molecule has 7 heteroatoms. The molecule has 236 valence electrons. The molecule has 1 aromatic heterocycles. The lowest BCUT2D eigenvalue weighted by Crippen LogP contribution is -2.33. The summed E-state index contributed by atoms with van der Waals surface area (Å²) in [5.41, 5.74) is 6.25. The van der Waals surface area contributed by atoms with Gasteiger partial charge in [0.2, 0.25) is 0 Å². The Morgan fingerprint density at radius 2 is 1.62 bits per heavy atom. The van der Waals surface area contributed by atoms with Gasteiger partial charge >= 0.3 is 6.03 Å². The first-order valence-corrected chi connectivity index (χ1v) is 16.2. The summed E-state index contributed by atoms with van der Waals surface area (Å²) < 4.78 is 1.77. The molecule has 1 unspecified atom stereocenters. The number of hydrogen-bond acceptors (Lipinski definition) is 4. The summed E-state index contributed by atoms with van der Waals surface area (Å²) >= 11 is 0. The molecule has 1 aliphatic rings. The van der Waals surface area contributed by atoms with Gasteiger partial charge in [-0.15, -0.1) is 0 Å². The summed E-state index contributed by atoms with van der Waals surface area (Å²) in [6, 6.07) is 25.5. The molecule has 45 heavy (non-hydrogen) atoms. The monoisotopic (exact) mass is 605 g/mol. The third-order valence-electron chi connectivity index (χ3n) is 8.52. The van der Waals surface area contributed by atoms with Crippen LogP contribution in [0.1, 0.15) is 86.1 Å². The number of urea groups is 1. The number of ketones is 1. The van der Waals surface area contributed by atoms with Gasteiger partial charge < -0.3 is 10.6 Å². The second kappa shape index (κ2) is 13.8. The minimum atomic E-state index is -0.369. The standard InChI is InChI=1S/C38H47N5O2/c1-25(2)22-27-12-14-29(15-13-27)36(44)35(28-18-20-39-21-19-28)30-8-7-9-31(23-30)40-37(45)41-34-24-33(38(4,5)6)42-43(34)32-16-10-26(3)11-17-32/h7-17,23-25,28,35,39H,18-22H2,1-6H3,(H2,40,41,45). The van der Waals surface area contributed by atoms with Crippen molar-refractivity contribution in [2.24, 2.45) is 11.8 Å². The van der Waals surface area contributed by atoms with E-state index in [4.69, 9.17) is 5.10 Å². The third-order valence-corrected chi connectivity index (χ3v) is 8.52. The minimum absolute atomic E-state index is 0.135. The predicted octanol–water partition coefficient (Wildman–Crippen LogP) is 8.29. The van der Waals surface area contributed by atoms with E-state index < -0.39 is 0 Å². The molecule has 0 radical (unpaired) electrons. The topological polar surface area (TPSA) is 88.1 Å². The number of rotatable bonds is 9. The average Bonchev–Trinajstić information content (AvgIpc) is 3.43. The van der Waals surface area contributed by atoms with Gasteiger partial charge in [0.25, 0.3) is 0 Å². The van der Waals surface area contributed by atoms with E-state index >= 15 is 0 Å². The fourth-order valence-corrected chi connectivity index (χ4v) is 6.08. The van der Waals surface area contributed by atoms with Crippen LogP contribution in [0.4, 0.5) is 16.3 Å². The second-order valence-corrected chi connectivity index (χ2v) is 13.8. The van der Waals surface area contributed by atoms with E-state index in [1.807, 2.05) is 73.7 Å². The lowest BCUT2D eigenvalue weighted by Gasteiger charge is -2.30. The summed E-state index contributed by atoms with van der Waals surface area (Å²) in [5.74, 6) is 1.21. The summed E-state index contributed by atoms with van der Waals surface area (Å²) in [7, 11) is 0. The average molecular weight is 606 g/mol. The van der Waals surface area contributed by atoms with Crippen molar-refractivity contribution in [2.45, 2.75) is 72.1 Å². The maximum absolute atomic E-state index is 14.1. The molecule has 5 rings (SSSR count). The summed E-state index contributed by atoms with van der Waals surface area (Å²) in [5, 5.41) is 14.3. The number of benzene rings is 3. The quantitative estimate of drug-likeness (QED) is 0.168. The Balaban J connectivity index is 1.38. The maximum atomic E-state index is 14.1. The zero-order valence-electron chi connectivity index (χ0n) is 27.5.